The fourth-order valence-corrected chi connectivity index (χ4v) is 5.46. The maximum Gasteiger partial charge on any atom is 0.345 e. The van der Waals surface area contributed by atoms with Crippen LogP contribution >= 0.6 is 0 Å². The molecule has 0 bridgehead atoms. The summed E-state index contributed by atoms with van der Waals surface area (Å²) in [5, 5.41) is 11.8. The van der Waals surface area contributed by atoms with E-state index in [1.54, 1.807) is 24.3 Å². The Morgan fingerprint density at radius 3 is 2.14 bits per heavy atom. The van der Waals surface area contributed by atoms with Crippen LogP contribution in [0.25, 0.3) is 0 Å². The van der Waals surface area contributed by atoms with E-state index < -0.39 is 17.2 Å². The SMILES string of the molecule is CCCCCCCCCC[C@H]1CO[C@H](c2ccc(OC(=O)c3cc([N+](=O)[O-])c(O[C@H](C)CCCCCC)cc3N)cc2)OC1. The standard InChI is InChI=1S/C35H52N2O7/c1-4-6-8-10-11-12-13-15-17-27-24-41-35(42-25-27)28-18-20-29(21-19-28)44-34(38)30-22-32(37(39)40)33(23-31(30)36)43-26(3)16-14-9-7-5-2/h18-23,26-27,35H,4-17,24-25,36H2,1-3H3/t26-,27-,35-/m1/s1. The average Bonchev–Trinajstić information content (AvgIpc) is 3.01. The summed E-state index contributed by atoms with van der Waals surface area (Å²) in [5.74, 6) is -0.0486. The molecular weight excluding hydrogens is 560 g/mol. The van der Waals surface area contributed by atoms with Gasteiger partial charge in [-0.05, 0) is 38.3 Å². The summed E-state index contributed by atoms with van der Waals surface area (Å²) in [4.78, 5) is 24.1. The minimum Gasteiger partial charge on any atom is -0.484 e. The summed E-state index contributed by atoms with van der Waals surface area (Å²) < 4.78 is 23.3. The van der Waals surface area contributed by atoms with Crippen molar-refractivity contribution in [3.05, 3.63) is 57.6 Å². The summed E-state index contributed by atoms with van der Waals surface area (Å²) in [6.45, 7) is 7.58. The van der Waals surface area contributed by atoms with Gasteiger partial charge in [-0.3, -0.25) is 10.1 Å². The molecule has 2 N–H and O–H groups in total. The molecule has 244 valence electrons. The first-order valence-corrected chi connectivity index (χ1v) is 16.6. The van der Waals surface area contributed by atoms with Gasteiger partial charge in [0.15, 0.2) is 12.0 Å². The lowest BCUT2D eigenvalue weighted by atomic mass is 10.0. The van der Waals surface area contributed by atoms with Crippen molar-refractivity contribution >= 4 is 17.3 Å². The summed E-state index contributed by atoms with van der Waals surface area (Å²) in [7, 11) is 0. The number of esters is 1. The maximum atomic E-state index is 12.9. The number of unbranched alkanes of at least 4 members (excludes halogenated alkanes) is 10. The second-order valence-corrected chi connectivity index (χ2v) is 12.0. The minimum absolute atomic E-state index is 0.0453. The van der Waals surface area contributed by atoms with Gasteiger partial charge < -0.3 is 24.7 Å². The van der Waals surface area contributed by atoms with Crippen molar-refractivity contribution in [3.8, 4) is 11.5 Å². The molecule has 0 spiro atoms. The summed E-state index contributed by atoms with van der Waals surface area (Å²) in [6.07, 6.45) is 16.0. The monoisotopic (exact) mass is 612 g/mol. The van der Waals surface area contributed by atoms with Crippen molar-refractivity contribution in [1.29, 1.82) is 0 Å². The summed E-state index contributed by atoms with van der Waals surface area (Å²) >= 11 is 0. The van der Waals surface area contributed by atoms with Crippen LogP contribution in [0, 0.1) is 16.0 Å². The molecule has 0 unspecified atom stereocenters. The highest BCUT2D eigenvalue weighted by Gasteiger charge is 2.26. The fourth-order valence-electron chi connectivity index (χ4n) is 5.46. The Kier molecular flexibility index (Phi) is 15.5. The van der Waals surface area contributed by atoms with Crippen LogP contribution in [0.3, 0.4) is 0 Å². The van der Waals surface area contributed by atoms with E-state index in [1.165, 1.54) is 57.4 Å². The number of benzene rings is 2. The quantitative estimate of drug-likeness (QED) is 0.0392. The van der Waals surface area contributed by atoms with Gasteiger partial charge in [-0.25, -0.2) is 4.79 Å². The van der Waals surface area contributed by atoms with Gasteiger partial charge in [0.05, 0.1) is 35.5 Å². The molecule has 1 atom stereocenters. The molecule has 1 aliphatic heterocycles. The number of nitro groups is 1. The van der Waals surface area contributed by atoms with Gasteiger partial charge in [-0.1, -0.05) is 96.6 Å². The number of hydrogen-bond donors (Lipinski definition) is 1. The largest absolute Gasteiger partial charge is 0.484 e. The number of nitro benzene ring substituents is 1. The van der Waals surface area contributed by atoms with Crippen LogP contribution in [0.5, 0.6) is 11.5 Å². The first-order valence-electron chi connectivity index (χ1n) is 16.6. The smallest absolute Gasteiger partial charge is 0.345 e. The number of rotatable bonds is 20. The Morgan fingerprint density at radius 1 is 0.932 bits per heavy atom. The van der Waals surface area contributed by atoms with Gasteiger partial charge in [0.2, 0.25) is 0 Å². The van der Waals surface area contributed by atoms with Gasteiger partial charge in [-0.15, -0.1) is 0 Å². The Labute approximate surface area is 262 Å². The number of carbonyl (C=O) groups excluding carboxylic acids is 1. The third-order valence-electron chi connectivity index (χ3n) is 8.14. The molecule has 0 radical (unpaired) electrons. The van der Waals surface area contributed by atoms with Gasteiger partial charge >= 0.3 is 11.7 Å². The predicted molar refractivity (Wildman–Crippen MR) is 173 cm³/mol. The number of nitrogens with two attached hydrogens (primary N) is 1. The van der Waals surface area contributed by atoms with E-state index in [9.17, 15) is 14.9 Å². The maximum absolute atomic E-state index is 12.9. The van der Waals surface area contributed by atoms with E-state index in [1.807, 2.05) is 6.92 Å². The highest BCUT2D eigenvalue weighted by atomic mass is 16.7. The molecule has 9 nitrogen and oxygen atoms in total. The van der Waals surface area contributed by atoms with Crippen LogP contribution in [-0.4, -0.2) is 30.2 Å². The highest BCUT2D eigenvalue weighted by molar-refractivity contribution is 5.97. The summed E-state index contributed by atoms with van der Waals surface area (Å²) in [6, 6.07) is 9.33. The molecule has 1 heterocycles. The molecule has 0 aliphatic carbocycles. The van der Waals surface area contributed by atoms with Crippen molar-refractivity contribution in [2.45, 2.75) is 123 Å². The van der Waals surface area contributed by atoms with Gasteiger partial charge in [0.25, 0.3) is 0 Å². The highest BCUT2D eigenvalue weighted by Crippen LogP contribution is 2.34. The van der Waals surface area contributed by atoms with Crippen LogP contribution in [0.4, 0.5) is 11.4 Å². The van der Waals surface area contributed by atoms with Crippen LogP contribution < -0.4 is 15.2 Å². The van der Waals surface area contributed by atoms with E-state index in [0.29, 0.717) is 19.1 Å². The second kappa shape index (κ2) is 19.3. The van der Waals surface area contributed by atoms with Crippen LogP contribution in [0.2, 0.25) is 0 Å². The molecule has 0 amide bonds. The zero-order valence-corrected chi connectivity index (χ0v) is 26.9. The lowest BCUT2D eigenvalue weighted by Crippen LogP contribution is -2.27. The number of hydrogen-bond acceptors (Lipinski definition) is 8. The zero-order chi connectivity index (χ0) is 31.7. The molecule has 2 aromatic rings. The molecular formula is C35H52N2O7. The van der Waals surface area contributed by atoms with Crippen LogP contribution in [0.1, 0.15) is 133 Å². The second-order valence-electron chi connectivity index (χ2n) is 12.0. The molecule has 44 heavy (non-hydrogen) atoms. The van der Waals surface area contributed by atoms with E-state index >= 15 is 0 Å². The van der Waals surface area contributed by atoms with E-state index in [4.69, 9.17) is 24.7 Å². The average molecular weight is 613 g/mol. The number of nitrogen functional groups attached to an aromatic ring is 1. The Bertz CT molecular complexity index is 1150. The molecule has 9 heteroatoms. The fraction of sp³-hybridized carbons (Fsp3) is 0.629. The lowest BCUT2D eigenvalue weighted by Gasteiger charge is -2.29. The van der Waals surface area contributed by atoms with Crippen LogP contribution in [-0.2, 0) is 9.47 Å². The van der Waals surface area contributed by atoms with Gasteiger partial charge in [0, 0.05) is 23.6 Å². The molecule has 2 aromatic carbocycles. The Balaban J connectivity index is 1.48. The normalized spacial score (nSPS) is 17.2. The van der Waals surface area contributed by atoms with Crippen molar-refractivity contribution in [2.75, 3.05) is 18.9 Å². The molecule has 1 aliphatic rings. The minimum atomic E-state index is -0.786. The molecule has 1 saturated heterocycles. The van der Waals surface area contributed by atoms with Crippen molar-refractivity contribution in [1.82, 2.24) is 0 Å². The molecule has 1 fully saturated rings. The number of nitrogens with zero attached hydrogens (tertiary/aromatic N) is 1. The van der Waals surface area contributed by atoms with E-state index in [2.05, 4.69) is 13.8 Å². The topological polar surface area (TPSA) is 123 Å². The van der Waals surface area contributed by atoms with Crippen molar-refractivity contribution < 1.29 is 28.7 Å². The Morgan fingerprint density at radius 2 is 1.52 bits per heavy atom. The van der Waals surface area contributed by atoms with E-state index in [0.717, 1.165) is 50.2 Å². The predicted octanol–water partition coefficient (Wildman–Crippen LogP) is 9.33. The zero-order valence-electron chi connectivity index (χ0n) is 26.9. The van der Waals surface area contributed by atoms with Gasteiger partial charge in [0.1, 0.15) is 5.75 Å². The van der Waals surface area contributed by atoms with Crippen molar-refractivity contribution in [3.63, 3.8) is 0 Å². The van der Waals surface area contributed by atoms with Crippen molar-refractivity contribution in [2.24, 2.45) is 5.92 Å². The van der Waals surface area contributed by atoms with Gasteiger partial charge in [-0.2, -0.15) is 0 Å². The molecule has 0 aromatic heterocycles. The van der Waals surface area contributed by atoms with Crippen LogP contribution in [0.15, 0.2) is 36.4 Å². The third kappa shape index (κ3) is 11.7. The lowest BCUT2D eigenvalue weighted by molar-refractivity contribution is -0.386. The molecule has 0 saturated carbocycles. The number of carbonyl (C=O) groups is 1. The van der Waals surface area contributed by atoms with E-state index in [-0.39, 0.29) is 34.5 Å². The number of anilines is 1. The Hall–Kier alpha value is -3.17. The summed E-state index contributed by atoms with van der Waals surface area (Å²) in [5.41, 5.74) is 6.59. The third-order valence-corrected chi connectivity index (χ3v) is 8.14. The molecule has 3 rings (SSSR count). The first kappa shape index (κ1) is 35.3. The first-order chi connectivity index (χ1) is 21.3. The number of ether oxygens (including phenoxy) is 4.